The van der Waals surface area contributed by atoms with Crippen LogP contribution in [0.15, 0.2) is 77.7 Å². The summed E-state index contributed by atoms with van der Waals surface area (Å²) < 4.78 is 27.4. The van der Waals surface area contributed by atoms with E-state index in [-0.39, 0.29) is 11.4 Å². The van der Waals surface area contributed by atoms with E-state index in [0.717, 1.165) is 16.3 Å². The molecule has 1 amide bonds. The van der Waals surface area contributed by atoms with Crippen molar-refractivity contribution < 1.29 is 23.1 Å². The van der Waals surface area contributed by atoms with Gasteiger partial charge in [-0.2, -0.15) is 0 Å². The zero-order valence-corrected chi connectivity index (χ0v) is 16.2. The van der Waals surface area contributed by atoms with E-state index in [1.165, 1.54) is 12.1 Å². The fourth-order valence-electron chi connectivity index (χ4n) is 2.81. The lowest BCUT2D eigenvalue weighted by molar-refractivity contribution is -0.146. The number of nitrogens with one attached hydrogen (secondary N) is 2. The number of carboxylic acid groups (broad SMARTS) is 1. The maximum absolute atomic E-state index is 12.6. The molecular weight excluding hydrogens is 392 g/mol. The van der Waals surface area contributed by atoms with Gasteiger partial charge in [0.15, 0.2) is 0 Å². The van der Waals surface area contributed by atoms with Crippen LogP contribution in [0.25, 0.3) is 10.8 Å². The molecule has 0 radical (unpaired) electrons. The zero-order valence-electron chi connectivity index (χ0n) is 15.4. The number of sulfonamides is 1. The first-order valence-electron chi connectivity index (χ1n) is 8.90. The van der Waals surface area contributed by atoms with Crippen LogP contribution in [0.1, 0.15) is 5.56 Å². The molecule has 0 bridgehead atoms. The minimum Gasteiger partial charge on any atom is -0.481 e. The highest BCUT2D eigenvalue weighted by Gasteiger charge is 2.28. The molecule has 7 nitrogen and oxygen atoms in total. The van der Waals surface area contributed by atoms with Crippen molar-refractivity contribution in [3.8, 4) is 0 Å². The molecule has 0 aliphatic carbocycles. The summed E-state index contributed by atoms with van der Waals surface area (Å²) in [7, 11) is -3.97. The number of benzene rings is 3. The van der Waals surface area contributed by atoms with Crippen molar-refractivity contribution in [2.45, 2.75) is 11.4 Å². The fraction of sp³-hybridized carbons (Fsp3) is 0.143. The Balaban J connectivity index is 1.68. The summed E-state index contributed by atoms with van der Waals surface area (Å²) in [5.74, 6) is -3.71. The van der Waals surface area contributed by atoms with Crippen molar-refractivity contribution in [1.82, 2.24) is 10.0 Å². The standard InChI is InChI=1S/C21H20N2O5S/c24-20(22-13-15-6-2-1-3-7-15)19(21(25)26)14-23-29(27,28)18-11-10-16-8-4-5-9-17(16)12-18/h1-12,19,23H,13-14H2,(H,22,24)(H,25,26). The van der Waals surface area contributed by atoms with Crippen LogP contribution < -0.4 is 10.0 Å². The lowest BCUT2D eigenvalue weighted by Gasteiger charge is -2.14. The Kier molecular flexibility index (Phi) is 6.26. The van der Waals surface area contributed by atoms with E-state index in [9.17, 15) is 23.1 Å². The number of carbonyl (C=O) groups excluding carboxylic acids is 1. The first kappa shape index (κ1) is 20.5. The number of hydrogen-bond acceptors (Lipinski definition) is 4. The van der Waals surface area contributed by atoms with Gasteiger partial charge in [-0.3, -0.25) is 9.59 Å². The highest BCUT2D eigenvalue weighted by Crippen LogP contribution is 2.19. The van der Waals surface area contributed by atoms with E-state index < -0.39 is 34.4 Å². The lowest BCUT2D eigenvalue weighted by atomic mass is 10.1. The molecule has 3 aromatic carbocycles. The van der Waals surface area contributed by atoms with Crippen molar-refractivity contribution in [2.24, 2.45) is 5.92 Å². The van der Waals surface area contributed by atoms with Crippen LogP contribution in [0.3, 0.4) is 0 Å². The monoisotopic (exact) mass is 412 g/mol. The molecule has 150 valence electrons. The van der Waals surface area contributed by atoms with Gasteiger partial charge in [0, 0.05) is 13.1 Å². The van der Waals surface area contributed by atoms with Gasteiger partial charge in [0.1, 0.15) is 5.92 Å². The number of amides is 1. The molecule has 8 heteroatoms. The van der Waals surface area contributed by atoms with Crippen LogP contribution in [0.5, 0.6) is 0 Å². The minimum atomic E-state index is -3.97. The Morgan fingerprint density at radius 2 is 1.55 bits per heavy atom. The van der Waals surface area contributed by atoms with E-state index in [0.29, 0.717) is 0 Å². The van der Waals surface area contributed by atoms with E-state index in [1.807, 2.05) is 18.2 Å². The van der Waals surface area contributed by atoms with Gasteiger partial charge in [-0.05, 0) is 28.5 Å². The summed E-state index contributed by atoms with van der Waals surface area (Å²) in [5, 5.41) is 13.5. The Morgan fingerprint density at radius 1 is 0.897 bits per heavy atom. The van der Waals surface area contributed by atoms with Crippen LogP contribution in [0.4, 0.5) is 0 Å². The first-order valence-corrected chi connectivity index (χ1v) is 10.4. The van der Waals surface area contributed by atoms with E-state index >= 15 is 0 Å². The Hall–Kier alpha value is -3.23. The van der Waals surface area contributed by atoms with Crippen molar-refractivity contribution in [3.63, 3.8) is 0 Å². The van der Waals surface area contributed by atoms with Gasteiger partial charge in [0.05, 0.1) is 4.90 Å². The molecule has 3 aromatic rings. The summed E-state index contributed by atoms with van der Waals surface area (Å²) in [6.07, 6.45) is 0. The van der Waals surface area contributed by atoms with Gasteiger partial charge in [0.2, 0.25) is 15.9 Å². The minimum absolute atomic E-state index is 0.00466. The number of fused-ring (bicyclic) bond motifs is 1. The fourth-order valence-corrected chi connectivity index (χ4v) is 3.89. The lowest BCUT2D eigenvalue weighted by Crippen LogP contribution is -2.42. The van der Waals surface area contributed by atoms with Crippen molar-refractivity contribution in [2.75, 3.05) is 6.54 Å². The molecule has 1 atom stereocenters. The molecule has 3 rings (SSSR count). The number of carbonyl (C=O) groups is 2. The summed E-state index contributed by atoms with van der Waals surface area (Å²) >= 11 is 0. The topological polar surface area (TPSA) is 113 Å². The summed E-state index contributed by atoms with van der Waals surface area (Å²) in [6, 6.07) is 20.9. The Bertz CT molecular complexity index is 1130. The normalized spacial score (nSPS) is 12.4. The second-order valence-corrected chi connectivity index (χ2v) is 8.22. The molecule has 1 unspecified atom stereocenters. The van der Waals surface area contributed by atoms with Crippen molar-refractivity contribution >= 4 is 32.7 Å². The Labute approximate surface area is 168 Å². The predicted molar refractivity (Wildman–Crippen MR) is 109 cm³/mol. The molecule has 0 aliphatic rings. The molecule has 0 heterocycles. The highest BCUT2D eigenvalue weighted by atomic mass is 32.2. The third kappa shape index (κ3) is 5.18. The van der Waals surface area contributed by atoms with Gasteiger partial charge in [-0.1, -0.05) is 60.7 Å². The number of hydrogen-bond donors (Lipinski definition) is 3. The van der Waals surface area contributed by atoms with Gasteiger partial charge in [-0.25, -0.2) is 13.1 Å². The second kappa shape index (κ2) is 8.85. The number of carboxylic acids is 1. The average Bonchev–Trinajstić information content (AvgIpc) is 2.72. The number of aliphatic carboxylic acids is 1. The average molecular weight is 412 g/mol. The molecule has 0 spiro atoms. The molecule has 29 heavy (non-hydrogen) atoms. The van der Waals surface area contributed by atoms with Gasteiger partial charge in [0.25, 0.3) is 0 Å². The summed E-state index contributed by atoms with van der Waals surface area (Å²) in [5.41, 5.74) is 0.807. The zero-order chi connectivity index (χ0) is 20.9. The third-order valence-corrected chi connectivity index (χ3v) is 5.85. The molecule has 0 saturated heterocycles. The molecule has 0 saturated carbocycles. The number of rotatable bonds is 8. The maximum Gasteiger partial charge on any atom is 0.317 e. The van der Waals surface area contributed by atoms with E-state index in [4.69, 9.17) is 0 Å². The second-order valence-electron chi connectivity index (χ2n) is 6.46. The largest absolute Gasteiger partial charge is 0.481 e. The van der Waals surface area contributed by atoms with Crippen LogP contribution in [0.2, 0.25) is 0 Å². The molecule has 0 aliphatic heterocycles. The molecular formula is C21H20N2O5S. The van der Waals surface area contributed by atoms with Gasteiger partial charge < -0.3 is 10.4 Å². The molecule has 0 aromatic heterocycles. The maximum atomic E-state index is 12.6. The SMILES string of the molecule is O=C(O)C(CNS(=O)(=O)c1ccc2ccccc2c1)C(=O)NCc1ccccc1. The summed E-state index contributed by atoms with van der Waals surface area (Å²) in [4.78, 5) is 23.7. The predicted octanol–water partition coefficient (Wildman–Crippen LogP) is 2.14. The van der Waals surface area contributed by atoms with Crippen molar-refractivity contribution in [3.05, 3.63) is 78.4 Å². The van der Waals surface area contributed by atoms with Crippen LogP contribution in [-0.4, -0.2) is 31.9 Å². The Morgan fingerprint density at radius 3 is 2.24 bits per heavy atom. The van der Waals surface area contributed by atoms with Crippen LogP contribution in [0, 0.1) is 5.92 Å². The van der Waals surface area contributed by atoms with E-state index in [2.05, 4.69) is 10.0 Å². The van der Waals surface area contributed by atoms with Gasteiger partial charge >= 0.3 is 5.97 Å². The van der Waals surface area contributed by atoms with Crippen molar-refractivity contribution in [1.29, 1.82) is 0 Å². The van der Waals surface area contributed by atoms with Gasteiger partial charge in [-0.15, -0.1) is 0 Å². The first-order chi connectivity index (χ1) is 13.9. The van der Waals surface area contributed by atoms with E-state index in [1.54, 1.807) is 42.5 Å². The molecule has 3 N–H and O–H groups in total. The highest BCUT2D eigenvalue weighted by molar-refractivity contribution is 7.89. The summed E-state index contributed by atoms with van der Waals surface area (Å²) in [6.45, 7) is -0.397. The van der Waals surface area contributed by atoms with Crippen LogP contribution in [-0.2, 0) is 26.2 Å². The molecule has 0 fully saturated rings. The smallest absolute Gasteiger partial charge is 0.317 e. The quantitative estimate of drug-likeness (QED) is 0.491. The third-order valence-electron chi connectivity index (χ3n) is 4.43. The van der Waals surface area contributed by atoms with Crippen LogP contribution >= 0.6 is 0 Å².